The van der Waals surface area contributed by atoms with Crippen LogP contribution < -0.4 is 10.6 Å². The van der Waals surface area contributed by atoms with E-state index in [0.29, 0.717) is 17.2 Å². The van der Waals surface area contributed by atoms with Crippen LogP contribution in [0.15, 0.2) is 42.5 Å². The van der Waals surface area contributed by atoms with E-state index in [-0.39, 0.29) is 28.6 Å². The molecular formula is C18H12Cl2F2N4O2. The highest BCUT2D eigenvalue weighted by atomic mass is 35.5. The van der Waals surface area contributed by atoms with E-state index in [1.165, 1.54) is 6.07 Å². The lowest BCUT2D eigenvalue weighted by molar-refractivity contribution is 0.0945. The molecule has 3 rings (SSSR count). The first-order chi connectivity index (χ1) is 13.3. The molecule has 0 aliphatic rings. The van der Waals surface area contributed by atoms with Gasteiger partial charge in [-0.25, -0.2) is 8.78 Å². The Morgan fingerprint density at radius 2 is 1.71 bits per heavy atom. The number of aromatic amines is 1. The molecule has 28 heavy (non-hydrogen) atoms. The zero-order valence-electron chi connectivity index (χ0n) is 14.0. The van der Waals surface area contributed by atoms with Crippen molar-refractivity contribution in [3.63, 3.8) is 0 Å². The summed E-state index contributed by atoms with van der Waals surface area (Å²) in [5.74, 6) is -3.59. The molecule has 0 aliphatic heterocycles. The maximum Gasteiger partial charge on any atom is 0.272 e. The van der Waals surface area contributed by atoms with Crippen LogP contribution in [0.5, 0.6) is 0 Å². The first-order valence-electron chi connectivity index (χ1n) is 7.88. The fourth-order valence-electron chi connectivity index (χ4n) is 2.30. The van der Waals surface area contributed by atoms with E-state index < -0.39 is 23.4 Å². The zero-order chi connectivity index (χ0) is 20.3. The Morgan fingerprint density at radius 3 is 2.46 bits per heavy atom. The summed E-state index contributed by atoms with van der Waals surface area (Å²) in [6.45, 7) is 0.192. The van der Waals surface area contributed by atoms with E-state index in [9.17, 15) is 18.4 Å². The molecule has 0 fully saturated rings. The number of benzene rings is 2. The molecule has 0 radical (unpaired) electrons. The molecule has 0 atom stereocenters. The maximum absolute atomic E-state index is 13.3. The van der Waals surface area contributed by atoms with E-state index in [4.69, 9.17) is 23.2 Å². The van der Waals surface area contributed by atoms with Gasteiger partial charge in [-0.2, -0.15) is 5.10 Å². The van der Waals surface area contributed by atoms with Crippen LogP contribution in [-0.2, 0) is 6.54 Å². The largest absolute Gasteiger partial charge is 0.347 e. The molecule has 0 unspecified atom stereocenters. The number of carbonyl (C=O) groups excluding carboxylic acids is 2. The third-order valence-corrected chi connectivity index (χ3v) is 4.39. The number of anilines is 1. The second-order valence-corrected chi connectivity index (χ2v) is 6.46. The number of hydrogen-bond acceptors (Lipinski definition) is 3. The average Bonchev–Trinajstić information content (AvgIpc) is 3.12. The lowest BCUT2D eigenvalue weighted by Crippen LogP contribution is -2.23. The van der Waals surface area contributed by atoms with Gasteiger partial charge in [0.25, 0.3) is 11.8 Å². The minimum absolute atomic E-state index is 0.0127. The maximum atomic E-state index is 13.3. The molecule has 6 nitrogen and oxygen atoms in total. The number of aromatic nitrogens is 2. The Labute approximate surface area is 167 Å². The molecular weight excluding hydrogens is 413 g/mol. The minimum Gasteiger partial charge on any atom is -0.347 e. The van der Waals surface area contributed by atoms with Crippen LogP contribution in [0.25, 0.3) is 0 Å². The van der Waals surface area contributed by atoms with Gasteiger partial charge in [0.1, 0.15) is 5.82 Å². The van der Waals surface area contributed by atoms with Gasteiger partial charge in [0.05, 0.1) is 10.6 Å². The Morgan fingerprint density at radius 1 is 1.00 bits per heavy atom. The van der Waals surface area contributed by atoms with Crippen LogP contribution >= 0.6 is 23.2 Å². The quantitative estimate of drug-likeness (QED) is 0.537. The van der Waals surface area contributed by atoms with Crippen molar-refractivity contribution in [2.75, 3.05) is 5.32 Å². The number of carbonyl (C=O) groups is 2. The van der Waals surface area contributed by atoms with E-state index in [0.717, 1.165) is 5.56 Å². The van der Waals surface area contributed by atoms with Crippen molar-refractivity contribution < 1.29 is 18.4 Å². The molecule has 3 aromatic rings. The third kappa shape index (κ3) is 4.47. The summed E-state index contributed by atoms with van der Waals surface area (Å²) in [6, 6.07) is 9.70. The number of hydrogen-bond donors (Lipinski definition) is 3. The number of H-pyrrole nitrogens is 1. The monoisotopic (exact) mass is 424 g/mol. The molecule has 2 aromatic carbocycles. The summed E-state index contributed by atoms with van der Waals surface area (Å²) in [5.41, 5.74) is 0.480. The minimum atomic E-state index is -1.21. The number of rotatable bonds is 5. The number of nitrogens with zero attached hydrogens (tertiary/aromatic N) is 1. The van der Waals surface area contributed by atoms with Crippen LogP contribution in [0.3, 0.4) is 0 Å². The Kier molecular flexibility index (Phi) is 5.91. The SMILES string of the molecule is O=C(NCc1ccccc1Cl)c1cc(NC(=O)c2cc(F)c(F)cc2Cl)[nH]n1. The predicted octanol–water partition coefficient (Wildman–Crippen LogP) is 4.18. The Hall–Kier alpha value is -2.97. The molecule has 1 aromatic heterocycles. The highest BCUT2D eigenvalue weighted by molar-refractivity contribution is 6.34. The molecule has 3 N–H and O–H groups in total. The van der Waals surface area contributed by atoms with E-state index in [1.54, 1.807) is 24.3 Å². The van der Waals surface area contributed by atoms with Crippen molar-refractivity contribution in [1.82, 2.24) is 15.5 Å². The van der Waals surface area contributed by atoms with Crippen LogP contribution in [0.1, 0.15) is 26.4 Å². The summed E-state index contributed by atoms with van der Waals surface area (Å²) in [4.78, 5) is 24.4. The molecule has 0 aliphatic carbocycles. The van der Waals surface area contributed by atoms with Crippen molar-refractivity contribution in [3.8, 4) is 0 Å². The summed E-state index contributed by atoms with van der Waals surface area (Å²) in [5, 5.41) is 11.5. The van der Waals surface area contributed by atoms with E-state index in [2.05, 4.69) is 20.8 Å². The number of nitrogens with one attached hydrogen (secondary N) is 3. The summed E-state index contributed by atoms with van der Waals surface area (Å²) < 4.78 is 26.4. The van der Waals surface area contributed by atoms with Crippen molar-refractivity contribution in [3.05, 3.63) is 81.0 Å². The second kappa shape index (κ2) is 8.37. The molecule has 0 spiro atoms. The lowest BCUT2D eigenvalue weighted by Gasteiger charge is -2.05. The van der Waals surface area contributed by atoms with Gasteiger partial charge < -0.3 is 10.6 Å². The first-order valence-corrected chi connectivity index (χ1v) is 8.63. The van der Waals surface area contributed by atoms with Crippen LogP contribution in [0.4, 0.5) is 14.6 Å². The van der Waals surface area contributed by atoms with Gasteiger partial charge in [0.15, 0.2) is 17.3 Å². The van der Waals surface area contributed by atoms with Gasteiger partial charge in [0, 0.05) is 17.6 Å². The van der Waals surface area contributed by atoms with Gasteiger partial charge in [-0.1, -0.05) is 41.4 Å². The molecule has 1 heterocycles. The van der Waals surface area contributed by atoms with Gasteiger partial charge in [-0.05, 0) is 23.8 Å². The summed E-state index contributed by atoms with van der Waals surface area (Å²) in [7, 11) is 0. The van der Waals surface area contributed by atoms with E-state index >= 15 is 0 Å². The normalized spacial score (nSPS) is 10.6. The average molecular weight is 425 g/mol. The van der Waals surface area contributed by atoms with Gasteiger partial charge >= 0.3 is 0 Å². The van der Waals surface area contributed by atoms with Crippen LogP contribution in [0.2, 0.25) is 10.0 Å². The lowest BCUT2D eigenvalue weighted by atomic mass is 10.2. The van der Waals surface area contributed by atoms with Crippen molar-refractivity contribution in [2.45, 2.75) is 6.54 Å². The first kappa shape index (κ1) is 19.8. The van der Waals surface area contributed by atoms with E-state index in [1.807, 2.05) is 0 Å². The van der Waals surface area contributed by atoms with Gasteiger partial charge in [0.2, 0.25) is 0 Å². The van der Waals surface area contributed by atoms with Crippen molar-refractivity contribution in [1.29, 1.82) is 0 Å². The second-order valence-electron chi connectivity index (χ2n) is 5.64. The third-order valence-electron chi connectivity index (χ3n) is 3.71. The fraction of sp³-hybridized carbons (Fsp3) is 0.0556. The summed E-state index contributed by atoms with van der Waals surface area (Å²) in [6.07, 6.45) is 0. The Bertz CT molecular complexity index is 1060. The van der Waals surface area contributed by atoms with Crippen LogP contribution in [-0.4, -0.2) is 22.0 Å². The predicted molar refractivity (Wildman–Crippen MR) is 101 cm³/mol. The molecule has 0 saturated heterocycles. The molecule has 10 heteroatoms. The standard InChI is InChI=1S/C18H12Cl2F2N4O2/c19-11-4-2-1-3-9(11)8-23-18(28)15-7-16(26-25-15)24-17(27)10-5-13(21)14(22)6-12(10)20/h1-7H,8H2,(H,23,28)(H2,24,25,26,27). The van der Waals surface area contributed by atoms with Crippen LogP contribution in [0, 0.1) is 11.6 Å². The smallest absolute Gasteiger partial charge is 0.272 e. The highest BCUT2D eigenvalue weighted by Crippen LogP contribution is 2.21. The Balaban J connectivity index is 1.65. The topological polar surface area (TPSA) is 86.9 Å². The molecule has 0 bridgehead atoms. The van der Waals surface area contributed by atoms with Gasteiger partial charge in [-0.3, -0.25) is 14.7 Å². The molecule has 0 saturated carbocycles. The fourth-order valence-corrected chi connectivity index (χ4v) is 2.73. The zero-order valence-corrected chi connectivity index (χ0v) is 15.5. The van der Waals surface area contributed by atoms with Gasteiger partial charge in [-0.15, -0.1) is 0 Å². The number of amides is 2. The molecule has 144 valence electrons. The number of halogens is 4. The van der Waals surface area contributed by atoms with Crippen molar-refractivity contribution in [2.24, 2.45) is 0 Å². The molecule has 2 amide bonds. The van der Waals surface area contributed by atoms with Crippen molar-refractivity contribution >= 4 is 40.8 Å². The highest BCUT2D eigenvalue weighted by Gasteiger charge is 2.17. The summed E-state index contributed by atoms with van der Waals surface area (Å²) >= 11 is 11.8.